The molecule has 0 radical (unpaired) electrons. The maximum Gasteiger partial charge on any atom is 0.244 e. The second kappa shape index (κ2) is 10.9. The predicted molar refractivity (Wildman–Crippen MR) is 120 cm³/mol. The second-order valence-corrected chi connectivity index (χ2v) is 9.02. The lowest BCUT2D eigenvalue weighted by Crippen LogP contribution is -2.50. The summed E-state index contributed by atoms with van der Waals surface area (Å²) in [5.41, 5.74) is 0.815. The third-order valence-electron chi connectivity index (χ3n) is 4.79. The lowest BCUT2D eigenvalue weighted by molar-refractivity contribution is -0.139. The van der Waals surface area contributed by atoms with Crippen LogP contribution < -0.4 is 14.4 Å². The number of sulfonamides is 1. The summed E-state index contributed by atoms with van der Waals surface area (Å²) in [7, 11) is -2.42. The number of likely N-dealkylation sites (N-methyl/N-ethyl adjacent to an activating group) is 1. The highest BCUT2D eigenvalue weighted by atomic mass is 32.2. The van der Waals surface area contributed by atoms with Gasteiger partial charge in [0, 0.05) is 13.6 Å². The first-order chi connectivity index (χ1) is 15.1. The average molecular weight is 466 g/mol. The molecule has 0 spiro atoms. The molecule has 32 heavy (non-hydrogen) atoms. The Morgan fingerprint density at radius 3 is 2.31 bits per heavy atom. The van der Waals surface area contributed by atoms with Crippen molar-refractivity contribution >= 4 is 27.5 Å². The van der Waals surface area contributed by atoms with Gasteiger partial charge < -0.3 is 15.0 Å². The van der Waals surface area contributed by atoms with E-state index in [-0.39, 0.29) is 12.2 Å². The van der Waals surface area contributed by atoms with Gasteiger partial charge in [-0.25, -0.2) is 12.8 Å². The third kappa shape index (κ3) is 6.43. The fourth-order valence-corrected chi connectivity index (χ4v) is 3.97. The molecule has 0 heterocycles. The summed E-state index contributed by atoms with van der Waals surface area (Å²) in [6, 6.07) is 11.1. The lowest BCUT2D eigenvalue weighted by Gasteiger charge is -2.31. The van der Waals surface area contributed by atoms with Crippen LogP contribution in [0, 0.1) is 5.82 Å². The predicted octanol–water partition coefficient (Wildman–Crippen LogP) is 2.15. The van der Waals surface area contributed by atoms with E-state index in [1.165, 1.54) is 36.2 Å². The van der Waals surface area contributed by atoms with Crippen LogP contribution in [0.1, 0.15) is 19.4 Å². The lowest BCUT2D eigenvalue weighted by atomic mass is 10.1. The highest BCUT2D eigenvalue weighted by molar-refractivity contribution is 7.92. The van der Waals surface area contributed by atoms with Crippen LogP contribution >= 0.6 is 0 Å². The standard InChI is InChI=1S/C22H28FN3O5S/c1-5-31-20-9-7-6-8-19(20)26(32(4,29)30)15-21(27)25(16(2)22(28)24-3)14-17-10-12-18(23)13-11-17/h6-13,16H,5,14-15H2,1-4H3,(H,24,28)/t16-/m0/s1. The highest BCUT2D eigenvalue weighted by Gasteiger charge is 2.30. The van der Waals surface area contributed by atoms with Gasteiger partial charge in [0.05, 0.1) is 18.6 Å². The smallest absolute Gasteiger partial charge is 0.244 e. The number of carbonyl (C=O) groups is 2. The molecule has 1 atom stereocenters. The topological polar surface area (TPSA) is 96.0 Å². The van der Waals surface area contributed by atoms with Crippen molar-refractivity contribution in [2.24, 2.45) is 0 Å². The Balaban J connectivity index is 2.41. The highest BCUT2D eigenvalue weighted by Crippen LogP contribution is 2.30. The summed E-state index contributed by atoms with van der Waals surface area (Å²) >= 11 is 0. The van der Waals surface area contributed by atoms with Crippen LogP contribution in [-0.2, 0) is 26.2 Å². The average Bonchev–Trinajstić information content (AvgIpc) is 2.76. The minimum absolute atomic E-state index is 0.00158. The van der Waals surface area contributed by atoms with E-state index in [9.17, 15) is 22.4 Å². The molecule has 0 unspecified atom stereocenters. The quantitative estimate of drug-likeness (QED) is 0.580. The zero-order valence-corrected chi connectivity index (χ0v) is 19.4. The zero-order valence-electron chi connectivity index (χ0n) is 18.5. The normalized spacial score (nSPS) is 12.0. The molecule has 174 valence electrons. The molecule has 8 nitrogen and oxygen atoms in total. The molecular formula is C22H28FN3O5S. The summed E-state index contributed by atoms with van der Waals surface area (Å²) in [5.74, 6) is -1.12. The number of rotatable bonds is 10. The molecule has 0 saturated carbocycles. The van der Waals surface area contributed by atoms with E-state index >= 15 is 0 Å². The number of benzene rings is 2. The van der Waals surface area contributed by atoms with Gasteiger partial charge in [-0.1, -0.05) is 24.3 Å². The minimum Gasteiger partial charge on any atom is -0.492 e. The molecule has 1 N–H and O–H groups in total. The SMILES string of the molecule is CCOc1ccccc1N(CC(=O)N(Cc1ccc(F)cc1)[C@@H](C)C(=O)NC)S(C)(=O)=O. The molecule has 0 aliphatic heterocycles. The number of ether oxygens (including phenoxy) is 1. The van der Waals surface area contributed by atoms with Gasteiger partial charge in [-0.3, -0.25) is 13.9 Å². The zero-order chi connectivity index (χ0) is 23.9. The Labute approximate surface area is 188 Å². The van der Waals surface area contributed by atoms with Gasteiger partial charge in [-0.05, 0) is 43.7 Å². The van der Waals surface area contributed by atoms with Crippen molar-refractivity contribution in [1.29, 1.82) is 0 Å². The van der Waals surface area contributed by atoms with E-state index in [2.05, 4.69) is 5.32 Å². The van der Waals surface area contributed by atoms with E-state index in [4.69, 9.17) is 4.74 Å². The van der Waals surface area contributed by atoms with E-state index < -0.39 is 40.2 Å². The van der Waals surface area contributed by atoms with Crippen molar-refractivity contribution in [3.05, 3.63) is 59.9 Å². The third-order valence-corrected chi connectivity index (χ3v) is 5.92. The summed E-state index contributed by atoms with van der Waals surface area (Å²) in [6.07, 6.45) is 0.996. The summed E-state index contributed by atoms with van der Waals surface area (Å²) < 4.78 is 44.9. The molecule has 0 aromatic heterocycles. The fourth-order valence-electron chi connectivity index (χ4n) is 3.11. The number of amides is 2. The van der Waals surface area contributed by atoms with Gasteiger partial charge in [0.1, 0.15) is 24.2 Å². The first kappa shape index (κ1) is 25.1. The number of nitrogens with one attached hydrogen (secondary N) is 1. The number of hydrogen-bond donors (Lipinski definition) is 1. The first-order valence-corrected chi connectivity index (χ1v) is 11.9. The largest absolute Gasteiger partial charge is 0.492 e. The molecule has 0 bridgehead atoms. The summed E-state index contributed by atoms with van der Waals surface area (Å²) in [5, 5.41) is 2.49. The number of hydrogen-bond acceptors (Lipinski definition) is 5. The Morgan fingerprint density at radius 2 is 1.75 bits per heavy atom. The van der Waals surface area contributed by atoms with Crippen molar-refractivity contribution in [3.8, 4) is 5.75 Å². The van der Waals surface area contributed by atoms with Crippen LogP contribution in [0.15, 0.2) is 48.5 Å². The molecular weight excluding hydrogens is 437 g/mol. The van der Waals surface area contributed by atoms with Crippen LogP contribution in [-0.4, -0.2) is 57.6 Å². The van der Waals surface area contributed by atoms with Crippen molar-refractivity contribution in [2.45, 2.75) is 26.4 Å². The van der Waals surface area contributed by atoms with Gasteiger partial charge in [-0.15, -0.1) is 0 Å². The minimum atomic E-state index is -3.86. The molecule has 2 amide bonds. The van der Waals surface area contributed by atoms with Gasteiger partial charge in [0.2, 0.25) is 21.8 Å². The Morgan fingerprint density at radius 1 is 1.12 bits per heavy atom. The van der Waals surface area contributed by atoms with Crippen LogP contribution in [0.25, 0.3) is 0 Å². The van der Waals surface area contributed by atoms with E-state index in [1.807, 2.05) is 0 Å². The first-order valence-electron chi connectivity index (χ1n) is 10.0. The monoisotopic (exact) mass is 465 g/mol. The number of halogens is 1. The molecule has 2 aromatic rings. The maximum absolute atomic E-state index is 13.3. The van der Waals surface area contributed by atoms with Crippen molar-refractivity contribution in [2.75, 3.05) is 30.8 Å². The Bertz CT molecular complexity index is 1040. The Hall–Kier alpha value is -3.14. The number of nitrogens with zero attached hydrogens (tertiary/aromatic N) is 2. The van der Waals surface area contributed by atoms with Crippen molar-refractivity contribution < 1.29 is 27.1 Å². The van der Waals surface area contributed by atoms with Crippen LogP contribution in [0.2, 0.25) is 0 Å². The fraction of sp³-hybridized carbons (Fsp3) is 0.364. The molecule has 0 aliphatic carbocycles. The molecule has 2 rings (SSSR count). The molecule has 0 fully saturated rings. The van der Waals surface area contributed by atoms with Crippen molar-refractivity contribution in [3.63, 3.8) is 0 Å². The summed E-state index contributed by atoms with van der Waals surface area (Å²) in [4.78, 5) is 26.8. The van der Waals surface area contributed by atoms with Gasteiger partial charge >= 0.3 is 0 Å². The molecule has 2 aromatic carbocycles. The van der Waals surface area contributed by atoms with E-state index in [0.717, 1.165) is 10.6 Å². The Kier molecular flexibility index (Phi) is 8.59. The van der Waals surface area contributed by atoms with Crippen molar-refractivity contribution in [1.82, 2.24) is 10.2 Å². The number of para-hydroxylation sites is 2. The van der Waals surface area contributed by atoms with Crippen LogP contribution in [0.4, 0.5) is 10.1 Å². The number of anilines is 1. The second-order valence-electron chi connectivity index (χ2n) is 7.11. The van der Waals surface area contributed by atoms with Crippen LogP contribution in [0.3, 0.4) is 0 Å². The van der Waals surface area contributed by atoms with E-state index in [0.29, 0.717) is 17.9 Å². The summed E-state index contributed by atoms with van der Waals surface area (Å²) in [6.45, 7) is 3.08. The molecule has 0 saturated heterocycles. The van der Waals surface area contributed by atoms with Crippen LogP contribution in [0.5, 0.6) is 5.75 Å². The van der Waals surface area contributed by atoms with Gasteiger partial charge in [0.25, 0.3) is 0 Å². The van der Waals surface area contributed by atoms with Gasteiger partial charge in [0.15, 0.2) is 0 Å². The molecule has 0 aliphatic rings. The maximum atomic E-state index is 13.3. The van der Waals surface area contributed by atoms with Gasteiger partial charge in [-0.2, -0.15) is 0 Å². The number of carbonyl (C=O) groups excluding carboxylic acids is 2. The van der Waals surface area contributed by atoms with E-state index in [1.54, 1.807) is 38.1 Å². The molecule has 10 heteroatoms.